The van der Waals surface area contributed by atoms with Crippen LogP contribution in [0.25, 0.3) is 33.9 Å². The maximum absolute atomic E-state index is 13.3. The van der Waals surface area contributed by atoms with Gasteiger partial charge in [-0.1, -0.05) is 165 Å². The van der Waals surface area contributed by atoms with Gasteiger partial charge in [-0.25, -0.2) is 19.6 Å². The van der Waals surface area contributed by atoms with E-state index < -0.39 is 35.2 Å². The van der Waals surface area contributed by atoms with Gasteiger partial charge >= 0.3 is 11.9 Å². The van der Waals surface area contributed by atoms with E-state index in [1.807, 2.05) is 118 Å². The van der Waals surface area contributed by atoms with Crippen molar-refractivity contribution in [3.05, 3.63) is 172 Å². The fraction of sp³-hybridized carbons (Fsp3) is 0.417. The molecule has 15 nitrogen and oxygen atoms in total. The summed E-state index contributed by atoms with van der Waals surface area (Å²) in [6, 6.07) is 36.2. The van der Waals surface area contributed by atoms with Crippen molar-refractivity contribution >= 4 is 39.7 Å². The second-order valence-electron chi connectivity index (χ2n) is 25.9. The minimum Gasteiger partial charge on any atom is -0.494 e. The molecule has 5 aromatic carbocycles. The number of halogens is 1. The van der Waals surface area contributed by atoms with E-state index in [9.17, 15) is 19.2 Å². The van der Waals surface area contributed by atoms with Crippen molar-refractivity contribution in [2.75, 3.05) is 20.8 Å². The van der Waals surface area contributed by atoms with Crippen LogP contribution in [0.3, 0.4) is 0 Å². The van der Waals surface area contributed by atoms with Crippen LogP contribution >= 0.6 is 15.9 Å². The van der Waals surface area contributed by atoms with Crippen molar-refractivity contribution in [2.45, 2.75) is 175 Å². The average molecular weight is 1260 g/mol. The standard InChI is InChI=1S/C43H55N3O5.C29H34BrN3O4/c1-9-10-11-12-13-14-27-50-35-25-21-31(22-26-35)36-29-44-38(46-40(36)49-8)32-17-15-30(16-18-32)28-37(41(48)51-43(5,6)7)45-39(47)33-19-23-34(24-20-33)42(2,3)4;1-28(2,3)21-14-12-20(13-15-21)25(34)32-23(27(35)37-29(4,5)6)16-18-8-10-19(11-9-18)24-31-17-22(30)26(33-24)36-7/h15-26,29,37H,9-14,27-28H2,1-8H3,(H,45,47);8-15,17,23H,16H2,1-7H3,(H,32,34)/t37-;23-/m00/s1. The Hall–Kier alpha value is -7.98. The summed E-state index contributed by atoms with van der Waals surface area (Å²) in [5.41, 5.74) is 6.77. The minimum atomic E-state index is -0.882. The SMILES string of the molecule is CCCCCCCCOc1ccc(-c2cnc(-c3ccc(C[C@H](NC(=O)c4ccc(C(C)(C)C)cc4)C(=O)OC(C)(C)C)cc3)nc2OC)cc1.COc1nc(-c2ccc(C[C@H](NC(=O)c3ccc(C(C)(C)C)cc3)C(=O)OC(C)(C)C)cc2)ncc1Br. The smallest absolute Gasteiger partial charge is 0.329 e. The number of ether oxygens (including phenoxy) is 5. The number of unbranched alkanes of at least 4 members (excludes halogenated alkanes) is 5. The van der Waals surface area contributed by atoms with Crippen molar-refractivity contribution in [3.63, 3.8) is 0 Å². The molecule has 0 unspecified atom stereocenters. The summed E-state index contributed by atoms with van der Waals surface area (Å²) in [4.78, 5) is 70.7. The number of nitrogens with zero attached hydrogens (tertiary/aromatic N) is 4. The Morgan fingerprint density at radius 2 is 0.886 bits per heavy atom. The summed E-state index contributed by atoms with van der Waals surface area (Å²) in [5.74, 6) is 1.13. The van der Waals surface area contributed by atoms with Crippen molar-refractivity contribution in [3.8, 4) is 51.4 Å². The highest BCUT2D eigenvalue weighted by molar-refractivity contribution is 9.10. The van der Waals surface area contributed by atoms with Crippen LogP contribution in [0, 0.1) is 0 Å². The molecule has 2 heterocycles. The van der Waals surface area contributed by atoms with Crippen LogP contribution in [0.2, 0.25) is 0 Å². The third kappa shape index (κ3) is 21.4. The van der Waals surface area contributed by atoms with Gasteiger partial charge in [-0.2, -0.15) is 9.97 Å². The van der Waals surface area contributed by atoms with Crippen LogP contribution in [0.1, 0.15) is 172 Å². The molecule has 0 aliphatic heterocycles. The lowest BCUT2D eigenvalue weighted by Gasteiger charge is -2.25. The van der Waals surface area contributed by atoms with Gasteiger partial charge in [0.25, 0.3) is 11.8 Å². The molecule has 0 aliphatic carbocycles. The molecule has 2 aromatic heterocycles. The number of hydrogen-bond acceptors (Lipinski definition) is 13. The number of amides is 2. The van der Waals surface area contributed by atoms with Gasteiger partial charge in [-0.05, 0) is 139 Å². The quantitative estimate of drug-likeness (QED) is 0.0455. The number of aromatic nitrogens is 4. The van der Waals surface area contributed by atoms with Crippen LogP contribution in [-0.4, -0.2) is 87.8 Å². The topological polar surface area (TPSA) is 190 Å². The van der Waals surface area contributed by atoms with Crippen molar-refractivity contribution in [1.82, 2.24) is 30.6 Å². The molecule has 2 atom stereocenters. The molecule has 0 saturated heterocycles. The lowest BCUT2D eigenvalue weighted by Crippen LogP contribution is -2.45. The number of carbonyl (C=O) groups is 4. The highest BCUT2D eigenvalue weighted by atomic mass is 79.9. The lowest BCUT2D eigenvalue weighted by molar-refractivity contribution is -0.158. The maximum Gasteiger partial charge on any atom is 0.329 e. The number of methoxy groups -OCH3 is 2. The normalized spacial score (nSPS) is 12.4. The third-order valence-electron chi connectivity index (χ3n) is 14.1. The monoisotopic (exact) mass is 1260 g/mol. The van der Waals surface area contributed by atoms with Crippen LogP contribution < -0.4 is 24.8 Å². The predicted molar refractivity (Wildman–Crippen MR) is 352 cm³/mol. The largest absolute Gasteiger partial charge is 0.494 e. The summed E-state index contributed by atoms with van der Waals surface area (Å²) in [5, 5.41) is 5.78. The number of hydrogen-bond donors (Lipinski definition) is 2. The second-order valence-corrected chi connectivity index (χ2v) is 26.7. The van der Waals surface area contributed by atoms with Crippen molar-refractivity contribution < 1.29 is 42.9 Å². The summed E-state index contributed by atoms with van der Waals surface area (Å²) in [7, 11) is 3.14. The van der Waals surface area contributed by atoms with E-state index in [-0.39, 0.29) is 35.5 Å². The van der Waals surface area contributed by atoms with Crippen LogP contribution in [0.4, 0.5) is 0 Å². The first-order chi connectivity index (χ1) is 41.5. The number of carbonyl (C=O) groups excluding carboxylic acids is 4. The molecule has 2 amide bonds. The molecule has 7 aromatic rings. The first-order valence-electron chi connectivity index (χ1n) is 30.2. The van der Waals surface area contributed by atoms with Crippen molar-refractivity contribution in [2.24, 2.45) is 0 Å². The van der Waals surface area contributed by atoms with E-state index in [1.54, 1.807) is 71.6 Å². The van der Waals surface area contributed by atoms with E-state index in [0.717, 1.165) is 56.7 Å². The molecule has 2 N–H and O–H groups in total. The Morgan fingerprint density at radius 1 is 0.489 bits per heavy atom. The van der Waals surface area contributed by atoms with E-state index >= 15 is 0 Å². The zero-order valence-electron chi connectivity index (χ0n) is 54.1. The Morgan fingerprint density at radius 3 is 1.30 bits per heavy atom. The van der Waals surface area contributed by atoms with Crippen molar-refractivity contribution in [1.29, 1.82) is 0 Å². The third-order valence-corrected chi connectivity index (χ3v) is 14.7. The number of nitrogens with one attached hydrogen (secondary N) is 2. The van der Waals surface area contributed by atoms with E-state index in [1.165, 1.54) is 32.1 Å². The van der Waals surface area contributed by atoms with E-state index in [0.29, 0.717) is 45.6 Å². The van der Waals surface area contributed by atoms with E-state index in [2.05, 4.69) is 90.0 Å². The van der Waals surface area contributed by atoms with Crippen LogP contribution in [-0.2, 0) is 42.7 Å². The Bertz CT molecular complexity index is 3400. The molecule has 0 radical (unpaired) electrons. The van der Waals surface area contributed by atoms with Crippen LogP contribution in [0.5, 0.6) is 17.5 Å². The first kappa shape index (κ1) is 69.1. The van der Waals surface area contributed by atoms with E-state index in [4.69, 9.17) is 28.7 Å². The minimum absolute atomic E-state index is 0.0212. The highest BCUT2D eigenvalue weighted by Gasteiger charge is 2.30. The molecule has 7 rings (SSSR count). The second kappa shape index (κ2) is 31.3. The highest BCUT2D eigenvalue weighted by Crippen LogP contribution is 2.32. The van der Waals surface area contributed by atoms with Crippen LogP contribution in [0.15, 0.2) is 138 Å². The molecular formula is C72H89BrN6O9. The number of benzene rings is 5. The van der Waals surface area contributed by atoms with Gasteiger partial charge in [0.05, 0.1) is 30.9 Å². The Labute approximate surface area is 529 Å². The summed E-state index contributed by atoms with van der Waals surface area (Å²) in [6.45, 7) is 26.5. The van der Waals surface area contributed by atoms with Gasteiger partial charge in [0.15, 0.2) is 11.6 Å². The molecule has 0 saturated carbocycles. The summed E-state index contributed by atoms with van der Waals surface area (Å²) < 4.78 is 28.8. The molecule has 88 heavy (non-hydrogen) atoms. The number of esters is 2. The van der Waals surface area contributed by atoms with Gasteiger partial charge in [-0.15, -0.1) is 0 Å². The summed E-state index contributed by atoms with van der Waals surface area (Å²) in [6.07, 6.45) is 11.3. The number of rotatable bonds is 23. The molecule has 0 spiro atoms. The van der Waals surface area contributed by atoms with Gasteiger partial charge < -0.3 is 34.3 Å². The Kier molecular flexibility index (Phi) is 24.6. The fourth-order valence-electron chi connectivity index (χ4n) is 9.21. The molecule has 16 heteroatoms. The van der Waals surface area contributed by atoms with Gasteiger partial charge in [-0.3, -0.25) is 9.59 Å². The molecule has 0 aliphatic rings. The first-order valence-corrected chi connectivity index (χ1v) is 31.0. The molecular weight excluding hydrogens is 1170 g/mol. The predicted octanol–water partition coefficient (Wildman–Crippen LogP) is 15.4. The average Bonchev–Trinajstić information content (AvgIpc) is 2.27. The molecule has 0 bridgehead atoms. The lowest BCUT2D eigenvalue weighted by atomic mass is 9.86. The van der Waals surface area contributed by atoms with Gasteiger partial charge in [0.2, 0.25) is 11.8 Å². The van der Waals surface area contributed by atoms with Gasteiger partial charge in [0, 0.05) is 47.5 Å². The Balaban J connectivity index is 0.000000295. The maximum atomic E-state index is 13.3. The molecule has 0 fully saturated rings. The summed E-state index contributed by atoms with van der Waals surface area (Å²) >= 11 is 3.36. The fourth-order valence-corrected chi connectivity index (χ4v) is 9.56. The molecule has 468 valence electrons. The van der Waals surface area contributed by atoms with Gasteiger partial charge in [0.1, 0.15) is 29.0 Å². The zero-order valence-corrected chi connectivity index (χ0v) is 55.6. The zero-order chi connectivity index (χ0) is 64.4.